The molecule has 0 aliphatic rings. The lowest BCUT2D eigenvalue weighted by molar-refractivity contribution is -0.0616. The van der Waals surface area contributed by atoms with Crippen molar-refractivity contribution >= 4 is 0 Å². The molecule has 0 aliphatic heterocycles. The molecule has 140 valence electrons. The van der Waals surface area contributed by atoms with Crippen molar-refractivity contribution < 1.29 is 15.3 Å². The van der Waals surface area contributed by atoms with E-state index in [1.165, 1.54) is 83.5 Å². The molecule has 23 heavy (non-hydrogen) atoms. The fraction of sp³-hybridized carbons (Fsp3) is 1.00. The zero-order valence-corrected chi connectivity index (χ0v) is 15.6. The van der Waals surface area contributed by atoms with Gasteiger partial charge in [0.15, 0.2) is 0 Å². The van der Waals surface area contributed by atoms with Gasteiger partial charge in [-0.1, -0.05) is 103 Å². The van der Waals surface area contributed by atoms with E-state index in [2.05, 4.69) is 6.92 Å². The van der Waals surface area contributed by atoms with Crippen LogP contribution in [0.5, 0.6) is 0 Å². The summed E-state index contributed by atoms with van der Waals surface area (Å²) >= 11 is 0. The van der Waals surface area contributed by atoms with E-state index in [4.69, 9.17) is 10.2 Å². The topological polar surface area (TPSA) is 60.7 Å². The lowest BCUT2D eigenvalue weighted by Crippen LogP contribution is -2.37. The van der Waals surface area contributed by atoms with Crippen LogP contribution in [0.4, 0.5) is 0 Å². The monoisotopic (exact) mass is 330 g/mol. The predicted octanol–water partition coefficient (Wildman–Crippen LogP) is 4.96. The van der Waals surface area contributed by atoms with Gasteiger partial charge in [0.25, 0.3) is 0 Å². The van der Waals surface area contributed by atoms with Crippen LogP contribution in [-0.2, 0) is 0 Å². The van der Waals surface area contributed by atoms with E-state index < -0.39 is 5.60 Å². The second-order valence-corrected chi connectivity index (χ2v) is 7.24. The molecule has 0 aromatic heterocycles. The Bertz CT molecular complexity index is 227. The number of aliphatic hydroxyl groups excluding tert-OH is 2. The van der Waals surface area contributed by atoms with Crippen LogP contribution < -0.4 is 0 Å². The first kappa shape index (κ1) is 22.9. The van der Waals surface area contributed by atoms with Gasteiger partial charge in [0.2, 0.25) is 0 Å². The van der Waals surface area contributed by atoms with Gasteiger partial charge in [-0.3, -0.25) is 0 Å². The van der Waals surface area contributed by atoms with Crippen molar-refractivity contribution in [1.82, 2.24) is 0 Å². The Balaban J connectivity index is 3.14. The summed E-state index contributed by atoms with van der Waals surface area (Å²) in [6.45, 7) is 1.58. The normalized spacial score (nSPS) is 12.0. The van der Waals surface area contributed by atoms with Crippen LogP contribution >= 0.6 is 0 Å². The van der Waals surface area contributed by atoms with Crippen molar-refractivity contribution in [2.75, 3.05) is 13.2 Å². The van der Waals surface area contributed by atoms with Gasteiger partial charge in [-0.15, -0.1) is 0 Å². The molecule has 3 nitrogen and oxygen atoms in total. The number of aliphatic hydroxyl groups is 3. The molecule has 0 aromatic carbocycles. The van der Waals surface area contributed by atoms with Crippen molar-refractivity contribution in [2.45, 2.75) is 115 Å². The molecule has 0 saturated heterocycles. The SMILES string of the molecule is CCCCCCCCCCCCCCCCCC(O)(CO)CO. The van der Waals surface area contributed by atoms with Gasteiger partial charge in [0.05, 0.1) is 13.2 Å². The van der Waals surface area contributed by atoms with Crippen molar-refractivity contribution in [3.63, 3.8) is 0 Å². The molecule has 0 fully saturated rings. The zero-order valence-electron chi connectivity index (χ0n) is 15.6. The van der Waals surface area contributed by atoms with Crippen LogP contribution in [-0.4, -0.2) is 34.1 Å². The molecule has 0 bridgehead atoms. The summed E-state index contributed by atoms with van der Waals surface area (Å²) in [6, 6.07) is 0. The van der Waals surface area contributed by atoms with Crippen LogP contribution in [0, 0.1) is 0 Å². The van der Waals surface area contributed by atoms with Gasteiger partial charge in [-0.2, -0.15) is 0 Å². The maximum Gasteiger partial charge on any atom is 0.111 e. The van der Waals surface area contributed by atoms with E-state index in [1.807, 2.05) is 0 Å². The molecule has 0 unspecified atom stereocenters. The van der Waals surface area contributed by atoms with E-state index in [-0.39, 0.29) is 13.2 Å². The fourth-order valence-electron chi connectivity index (χ4n) is 3.03. The third-order valence-corrected chi connectivity index (χ3v) is 4.83. The summed E-state index contributed by atoms with van der Waals surface area (Å²) in [5.74, 6) is 0. The van der Waals surface area contributed by atoms with Crippen molar-refractivity contribution in [1.29, 1.82) is 0 Å². The second-order valence-electron chi connectivity index (χ2n) is 7.24. The highest BCUT2D eigenvalue weighted by Crippen LogP contribution is 2.16. The molecule has 0 amide bonds. The van der Waals surface area contributed by atoms with E-state index in [0.717, 1.165) is 12.8 Å². The Morgan fingerprint density at radius 2 is 0.826 bits per heavy atom. The first-order valence-electron chi connectivity index (χ1n) is 10.1. The highest BCUT2D eigenvalue weighted by Gasteiger charge is 2.23. The standard InChI is InChI=1S/C20H42O3/c1-2-3-4-5-6-7-8-9-10-11-12-13-14-15-16-17-20(23,18-21)19-22/h21-23H,2-19H2,1H3. The number of hydrogen-bond acceptors (Lipinski definition) is 3. The number of unbranched alkanes of at least 4 members (excludes halogenated alkanes) is 14. The minimum Gasteiger partial charge on any atom is -0.393 e. The largest absolute Gasteiger partial charge is 0.393 e. The van der Waals surface area contributed by atoms with Gasteiger partial charge in [-0.25, -0.2) is 0 Å². The molecule has 0 radical (unpaired) electrons. The minimum atomic E-state index is -1.27. The van der Waals surface area contributed by atoms with Gasteiger partial charge >= 0.3 is 0 Å². The first-order chi connectivity index (χ1) is 11.2. The summed E-state index contributed by atoms with van der Waals surface area (Å²) in [6.07, 6.45) is 20.2. The molecular weight excluding hydrogens is 288 g/mol. The summed E-state index contributed by atoms with van der Waals surface area (Å²) in [5, 5.41) is 27.7. The van der Waals surface area contributed by atoms with Crippen LogP contribution in [0.25, 0.3) is 0 Å². The third-order valence-electron chi connectivity index (χ3n) is 4.83. The Morgan fingerprint density at radius 3 is 1.13 bits per heavy atom. The average Bonchev–Trinajstić information content (AvgIpc) is 2.58. The second kappa shape index (κ2) is 16.7. The van der Waals surface area contributed by atoms with E-state index in [9.17, 15) is 5.11 Å². The number of hydrogen-bond donors (Lipinski definition) is 3. The molecule has 0 spiro atoms. The summed E-state index contributed by atoms with van der Waals surface area (Å²) in [5.41, 5.74) is -1.27. The molecule has 0 aromatic rings. The summed E-state index contributed by atoms with van der Waals surface area (Å²) in [7, 11) is 0. The molecule has 3 heteroatoms. The maximum absolute atomic E-state index is 9.73. The Hall–Kier alpha value is -0.120. The van der Waals surface area contributed by atoms with Crippen molar-refractivity contribution in [2.24, 2.45) is 0 Å². The molecule has 0 heterocycles. The fourth-order valence-corrected chi connectivity index (χ4v) is 3.03. The molecule has 0 saturated carbocycles. The van der Waals surface area contributed by atoms with Crippen molar-refractivity contribution in [3.05, 3.63) is 0 Å². The van der Waals surface area contributed by atoms with E-state index >= 15 is 0 Å². The predicted molar refractivity (Wildman–Crippen MR) is 98.7 cm³/mol. The molecule has 3 N–H and O–H groups in total. The summed E-state index contributed by atoms with van der Waals surface area (Å²) in [4.78, 5) is 0. The van der Waals surface area contributed by atoms with Gasteiger partial charge in [0.1, 0.15) is 5.60 Å². The molecule has 0 aliphatic carbocycles. The molecule has 0 atom stereocenters. The van der Waals surface area contributed by atoms with Crippen LogP contribution in [0.2, 0.25) is 0 Å². The zero-order chi connectivity index (χ0) is 17.2. The molecular formula is C20H42O3. The Labute approximate surface area is 144 Å². The quantitative estimate of drug-likeness (QED) is 0.311. The van der Waals surface area contributed by atoms with Crippen molar-refractivity contribution in [3.8, 4) is 0 Å². The smallest absolute Gasteiger partial charge is 0.111 e. The first-order valence-corrected chi connectivity index (χ1v) is 10.1. The Kier molecular flexibility index (Phi) is 16.6. The van der Waals surface area contributed by atoms with Crippen LogP contribution in [0.15, 0.2) is 0 Å². The van der Waals surface area contributed by atoms with Gasteiger partial charge < -0.3 is 15.3 Å². The van der Waals surface area contributed by atoms with E-state index in [0.29, 0.717) is 6.42 Å². The van der Waals surface area contributed by atoms with Gasteiger partial charge in [0, 0.05) is 0 Å². The third kappa shape index (κ3) is 15.2. The lowest BCUT2D eigenvalue weighted by atomic mass is 9.97. The Morgan fingerprint density at radius 1 is 0.522 bits per heavy atom. The highest BCUT2D eigenvalue weighted by molar-refractivity contribution is 4.75. The van der Waals surface area contributed by atoms with E-state index in [1.54, 1.807) is 0 Å². The van der Waals surface area contributed by atoms with Crippen LogP contribution in [0.3, 0.4) is 0 Å². The highest BCUT2D eigenvalue weighted by atomic mass is 16.4. The number of rotatable bonds is 18. The summed E-state index contributed by atoms with van der Waals surface area (Å²) < 4.78 is 0. The van der Waals surface area contributed by atoms with Gasteiger partial charge in [-0.05, 0) is 6.42 Å². The maximum atomic E-state index is 9.73. The van der Waals surface area contributed by atoms with Crippen LogP contribution in [0.1, 0.15) is 110 Å². The minimum absolute atomic E-state index is 0.345. The lowest BCUT2D eigenvalue weighted by Gasteiger charge is -2.22. The average molecular weight is 331 g/mol. The molecule has 0 rings (SSSR count).